The van der Waals surface area contributed by atoms with E-state index in [9.17, 15) is 4.21 Å². The summed E-state index contributed by atoms with van der Waals surface area (Å²) >= 11 is 0. The van der Waals surface area contributed by atoms with Crippen molar-refractivity contribution in [2.24, 2.45) is 0 Å². The maximum absolute atomic E-state index is 11.4. The molecule has 0 aliphatic heterocycles. The minimum Gasteiger partial charge on any atom is -0.412 e. The van der Waals surface area contributed by atoms with Gasteiger partial charge in [0.05, 0.1) is 16.7 Å². The second-order valence-corrected chi connectivity index (χ2v) is 4.68. The van der Waals surface area contributed by atoms with Gasteiger partial charge in [-0.05, 0) is 31.8 Å². The molecule has 0 aliphatic carbocycles. The first-order valence-corrected chi connectivity index (χ1v) is 5.27. The lowest BCUT2D eigenvalue weighted by Crippen LogP contribution is -2.16. The lowest BCUT2D eigenvalue weighted by molar-refractivity contribution is 0.602. The summed E-state index contributed by atoms with van der Waals surface area (Å²) in [6.07, 6.45) is 0. The lowest BCUT2D eigenvalue weighted by Gasteiger charge is -2.08. The van der Waals surface area contributed by atoms with Crippen molar-refractivity contribution < 1.29 is 9.69 Å². The molecule has 0 bridgehead atoms. The number of anilines is 1. The molecule has 0 aromatic heterocycles. The Morgan fingerprint density at radius 3 is 2.21 bits per heavy atom. The zero-order valence-electron chi connectivity index (χ0n) is 8.36. The van der Waals surface area contributed by atoms with Crippen LogP contribution in [0.3, 0.4) is 0 Å². The van der Waals surface area contributed by atoms with Crippen LogP contribution in [0.4, 0.5) is 5.69 Å². The fourth-order valence-corrected chi connectivity index (χ4v) is 1.62. The average molecular weight is 216 g/mol. The second kappa shape index (κ2) is 5.74. The molecule has 4 nitrogen and oxygen atoms in total. The molecule has 4 N–H and O–H groups in total. The Kier molecular flexibility index (Phi) is 5.37. The van der Waals surface area contributed by atoms with Crippen LogP contribution in [-0.2, 0) is 16.7 Å². The molecule has 0 fully saturated rings. The number of rotatable bonds is 3. The van der Waals surface area contributed by atoms with E-state index in [4.69, 9.17) is 5.73 Å². The minimum atomic E-state index is -0.937. The highest BCUT2D eigenvalue weighted by atomic mass is 32.2. The van der Waals surface area contributed by atoms with Crippen LogP contribution in [0.25, 0.3) is 0 Å². The van der Waals surface area contributed by atoms with Crippen molar-refractivity contribution >= 4 is 16.7 Å². The van der Waals surface area contributed by atoms with Gasteiger partial charge in [-0.3, -0.25) is 0 Å². The number of benzene rings is 1. The van der Waals surface area contributed by atoms with Gasteiger partial charge < -0.3 is 11.2 Å². The average Bonchev–Trinajstić information content (AvgIpc) is 2.08. The normalized spacial score (nSPS) is 12.2. The van der Waals surface area contributed by atoms with Crippen molar-refractivity contribution in [3.8, 4) is 0 Å². The van der Waals surface area contributed by atoms with Gasteiger partial charge in [-0.15, -0.1) is 0 Å². The van der Waals surface area contributed by atoms with Crippen molar-refractivity contribution in [1.29, 1.82) is 0 Å². The van der Waals surface area contributed by atoms with E-state index < -0.39 is 11.0 Å². The predicted octanol–water partition coefficient (Wildman–Crippen LogP) is 0.169. The molecule has 0 saturated carbocycles. The highest BCUT2D eigenvalue weighted by molar-refractivity contribution is 7.81. The quantitative estimate of drug-likeness (QED) is 0.731. The van der Waals surface area contributed by atoms with E-state index in [0.717, 1.165) is 11.3 Å². The molecule has 5 heteroatoms. The third-order valence-corrected chi connectivity index (χ3v) is 3.07. The van der Waals surface area contributed by atoms with E-state index in [1.807, 2.05) is 24.3 Å². The molecule has 1 atom stereocenters. The summed E-state index contributed by atoms with van der Waals surface area (Å²) in [6.45, 7) is 0. The van der Waals surface area contributed by atoms with E-state index in [-0.39, 0.29) is 5.48 Å². The number of nitrogens with zero attached hydrogens (tertiary/aromatic N) is 1. The number of hydrogen-bond donors (Lipinski definition) is 1. The Morgan fingerprint density at radius 2 is 1.79 bits per heavy atom. The summed E-state index contributed by atoms with van der Waals surface area (Å²) in [6, 6.07) is 7.44. The third-order valence-electron chi connectivity index (χ3n) is 1.68. The predicted molar refractivity (Wildman–Crippen MR) is 60.0 cm³/mol. The molecular weight excluding hydrogens is 200 g/mol. The van der Waals surface area contributed by atoms with Gasteiger partial charge >= 0.3 is 0 Å². The summed E-state index contributed by atoms with van der Waals surface area (Å²) in [4.78, 5) is 0. The molecule has 0 aliphatic rings. The van der Waals surface area contributed by atoms with E-state index in [1.165, 1.54) is 0 Å². The van der Waals surface area contributed by atoms with Crippen LogP contribution in [0.5, 0.6) is 0 Å². The van der Waals surface area contributed by atoms with Crippen LogP contribution in [0.2, 0.25) is 0 Å². The fourth-order valence-electron chi connectivity index (χ4n) is 0.886. The van der Waals surface area contributed by atoms with Gasteiger partial charge in [0.2, 0.25) is 0 Å². The standard InChI is InChI=1S/C9H14N2OS.H2O/c1-11(2)13(12)7-8-3-5-9(10)6-4-8;/h3-6H,7,10H2,1-2H3;1H2. The highest BCUT2D eigenvalue weighted by Gasteiger charge is 2.03. The van der Waals surface area contributed by atoms with Crippen molar-refractivity contribution in [3.63, 3.8) is 0 Å². The Labute approximate surface area is 86.6 Å². The van der Waals surface area contributed by atoms with Crippen molar-refractivity contribution in [1.82, 2.24) is 4.31 Å². The largest absolute Gasteiger partial charge is 0.412 e. The van der Waals surface area contributed by atoms with Crippen LogP contribution in [0, 0.1) is 0 Å². The topological polar surface area (TPSA) is 77.8 Å². The van der Waals surface area contributed by atoms with Gasteiger partial charge in [0.15, 0.2) is 0 Å². The third kappa shape index (κ3) is 3.87. The van der Waals surface area contributed by atoms with Gasteiger partial charge in [0.25, 0.3) is 0 Å². The van der Waals surface area contributed by atoms with Crippen molar-refractivity contribution in [3.05, 3.63) is 29.8 Å². The number of nitrogen functional groups attached to an aromatic ring is 1. The van der Waals surface area contributed by atoms with E-state index in [0.29, 0.717) is 5.75 Å². The van der Waals surface area contributed by atoms with Crippen LogP contribution in [0.15, 0.2) is 24.3 Å². The number of nitrogens with two attached hydrogens (primary N) is 1. The maximum atomic E-state index is 11.4. The Balaban J connectivity index is 0.00000169. The Hall–Kier alpha value is -0.910. The molecule has 80 valence electrons. The maximum Gasteiger partial charge on any atom is 0.0982 e. The molecule has 1 aromatic rings. The Morgan fingerprint density at radius 1 is 1.29 bits per heavy atom. The summed E-state index contributed by atoms with van der Waals surface area (Å²) in [5.41, 5.74) is 7.31. The molecule has 0 radical (unpaired) electrons. The molecule has 0 heterocycles. The summed E-state index contributed by atoms with van der Waals surface area (Å²) in [5.74, 6) is 0.549. The van der Waals surface area contributed by atoms with Gasteiger partial charge in [-0.2, -0.15) is 0 Å². The van der Waals surface area contributed by atoms with Gasteiger partial charge in [0, 0.05) is 5.69 Å². The summed E-state index contributed by atoms with van der Waals surface area (Å²) in [7, 11) is 2.66. The van der Waals surface area contributed by atoms with Crippen molar-refractivity contribution in [2.45, 2.75) is 5.75 Å². The van der Waals surface area contributed by atoms with Gasteiger partial charge in [-0.25, -0.2) is 8.51 Å². The van der Waals surface area contributed by atoms with Crippen LogP contribution in [-0.4, -0.2) is 28.1 Å². The molecule has 1 rings (SSSR count). The molecule has 1 unspecified atom stereocenters. The summed E-state index contributed by atoms with van der Waals surface area (Å²) < 4.78 is 13.1. The highest BCUT2D eigenvalue weighted by Crippen LogP contribution is 2.08. The molecule has 14 heavy (non-hydrogen) atoms. The van der Waals surface area contributed by atoms with Crippen LogP contribution >= 0.6 is 0 Å². The van der Waals surface area contributed by atoms with Crippen molar-refractivity contribution in [2.75, 3.05) is 19.8 Å². The second-order valence-electron chi connectivity index (χ2n) is 3.02. The monoisotopic (exact) mass is 216 g/mol. The molecular formula is C9H16N2O2S. The van der Waals surface area contributed by atoms with Gasteiger partial charge in [0.1, 0.15) is 0 Å². The van der Waals surface area contributed by atoms with Crippen LogP contribution in [0.1, 0.15) is 5.56 Å². The zero-order valence-corrected chi connectivity index (χ0v) is 9.17. The molecule has 0 saturated heterocycles. The Bertz CT molecular complexity index is 298. The summed E-state index contributed by atoms with van der Waals surface area (Å²) in [5, 5.41) is 0. The zero-order chi connectivity index (χ0) is 9.84. The smallest absolute Gasteiger partial charge is 0.0982 e. The first-order valence-electron chi connectivity index (χ1n) is 4.00. The molecule has 0 amide bonds. The molecule has 0 spiro atoms. The lowest BCUT2D eigenvalue weighted by atomic mass is 10.2. The molecule has 1 aromatic carbocycles. The van der Waals surface area contributed by atoms with Gasteiger partial charge in [-0.1, -0.05) is 12.1 Å². The SMILES string of the molecule is CN(C)S(=O)Cc1ccc(N)cc1.O. The van der Waals surface area contributed by atoms with E-state index in [1.54, 1.807) is 18.4 Å². The number of hydrogen-bond acceptors (Lipinski definition) is 2. The van der Waals surface area contributed by atoms with E-state index >= 15 is 0 Å². The van der Waals surface area contributed by atoms with E-state index in [2.05, 4.69) is 0 Å². The first kappa shape index (κ1) is 13.1. The minimum absolute atomic E-state index is 0. The van der Waals surface area contributed by atoms with Crippen LogP contribution < -0.4 is 5.73 Å². The first-order chi connectivity index (χ1) is 6.09. The fraction of sp³-hybridized carbons (Fsp3) is 0.333.